The van der Waals surface area contributed by atoms with E-state index in [0.29, 0.717) is 11.4 Å². The number of nitrogens with two attached hydrogens (primary N) is 1. The smallest absolute Gasteiger partial charge is 0.258 e. The Morgan fingerprint density at radius 2 is 2.00 bits per heavy atom. The Kier molecular flexibility index (Phi) is 3.89. The van der Waals surface area contributed by atoms with Crippen LogP contribution >= 0.6 is 0 Å². The topological polar surface area (TPSA) is 111 Å². The molecular weight excluding hydrogens is 347 g/mol. The summed E-state index contributed by atoms with van der Waals surface area (Å²) in [5, 5.41) is 3.95. The molecule has 0 bridgehead atoms. The predicted molar refractivity (Wildman–Crippen MR) is 87.4 cm³/mol. The summed E-state index contributed by atoms with van der Waals surface area (Å²) < 4.78 is 46.4. The highest BCUT2D eigenvalue weighted by atomic mass is 32.2. The Balaban J connectivity index is 1.67. The molecule has 0 spiro atoms. The number of hydrogen-bond donors (Lipinski definition) is 2. The molecule has 4 rings (SSSR count). The summed E-state index contributed by atoms with van der Waals surface area (Å²) in [5.41, 5.74) is 6.04. The maximum atomic E-state index is 14.1. The van der Waals surface area contributed by atoms with Gasteiger partial charge in [0.1, 0.15) is 10.7 Å². The minimum Gasteiger partial charge on any atom is -0.334 e. The van der Waals surface area contributed by atoms with Crippen LogP contribution in [0.25, 0.3) is 11.5 Å². The minimum atomic E-state index is -3.92. The molecule has 7 nitrogen and oxygen atoms in total. The van der Waals surface area contributed by atoms with Crippen molar-refractivity contribution in [1.29, 1.82) is 0 Å². The fraction of sp³-hybridized carbons (Fsp3) is 0.500. The third-order valence-electron chi connectivity index (χ3n) is 4.73. The third kappa shape index (κ3) is 3.19. The molecule has 2 fully saturated rings. The van der Waals surface area contributed by atoms with Crippen LogP contribution in [0.4, 0.5) is 4.39 Å². The van der Waals surface area contributed by atoms with Gasteiger partial charge in [-0.2, -0.15) is 4.98 Å². The number of rotatable bonds is 5. The average Bonchev–Trinajstić information content (AvgIpc) is 3.05. The van der Waals surface area contributed by atoms with E-state index >= 15 is 0 Å². The summed E-state index contributed by atoms with van der Waals surface area (Å²) >= 11 is 0. The zero-order valence-corrected chi connectivity index (χ0v) is 14.4. The van der Waals surface area contributed by atoms with Crippen molar-refractivity contribution < 1.29 is 17.3 Å². The molecule has 0 aliphatic heterocycles. The van der Waals surface area contributed by atoms with E-state index in [0.717, 1.165) is 44.6 Å². The van der Waals surface area contributed by atoms with Gasteiger partial charge in [0.2, 0.25) is 10.0 Å². The molecule has 9 heteroatoms. The monoisotopic (exact) mass is 366 g/mol. The fourth-order valence-electron chi connectivity index (χ4n) is 3.10. The van der Waals surface area contributed by atoms with Crippen molar-refractivity contribution in [3.8, 4) is 11.5 Å². The molecule has 0 atom stereocenters. The Labute approximate surface area is 144 Å². The maximum Gasteiger partial charge on any atom is 0.258 e. The van der Waals surface area contributed by atoms with Crippen LogP contribution in [0.5, 0.6) is 0 Å². The summed E-state index contributed by atoms with van der Waals surface area (Å²) in [4.78, 5) is 3.90. The van der Waals surface area contributed by atoms with E-state index in [9.17, 15) is 12.8 Å². The highest BCUT2D eigenvalue weighted by Crippen LogP contribution is 2.35. The van der Waals surface area contributed by atoms with Crippen LogP contribution in [0.15, 0.2) is 27.6 Å². The second-order valence-electron chi connectivity index (χ2n) is 6.83. The number of aromatic nitrogens is 2. The van der Waals surface area contributed by atoms with Crippen LogP contribution in [0.1, 0.15) is 44.3 Å². The van der Waals surface area contributed by atoms with Gasteiger partial charge in [0.05, 0.1) is 5.54 Å². The lowest BCUT2D eigenvalue weighted by Gasteiger charge is -2.17. The molecular formula is C16H19FN4O3S. The second kappa shape index (κ2) is 5.86. The SMILES string of the molecule is NC1(c2noc(-c3ccc(F)c(S(=O)(=O)NC4CC4)c3)n2)CCCC1. The molecule has 0 unspecified atom stereocenters. The standard InChI is InChI=1S/C16H19FN4O3S/c17-12-6-3-10(9-13(12)25(22,23)21-11-4-5-11)14-19-15(20-24-14)16(18)7-1-2-8-16/h3,6,9,11,21H,1-2,4-5,7-8,18H2. The molecule has 2 aliphatic rings. The second-order valence-corrected chi connectivity index (χ2v) is 8.51. The number of hydrogen-bond acceptors (Lipinski definition) is 6. The van der Waals surface area contributed by atoms with Crippen LogP contribution in [-0.2, 0) is 15.6 Å². The number of sulfonamides is 1. The van der Waals surface area contributed by atoms with Gasteiger partial charge >= 0.3 is 0 Å². The Morgan fingerprint density at radius 3 is 2.68 bits per heavy atom. The van der Waals surface area contributed by atoms with Gasteiger partial charge in [-0.15, -0.1) is 0 Å². The third-order valence-corrected chi connectivity index (χ3v) is 6.27. The van der Waals surface area contributed by atoms with Gasteiger partial charge in [-0.05, 0) is 43.9 Å². The van der Waals surface area contributed by atoms with Crippen LogP contribution in [0, 0.1) is 5.82 Å². The van der Waals surface area contributed by atoms with Crippen molar-refractivity contribution in [3.63, 3.8) is 0 Å². The number of nitrogens with zero attached hydrogens (tertiary/aromatic N) is 2. The van der Waals surface area contributed by atoms with Crippen molar-refractivity contribution in [2.75, 3.05) is 0 Å². The van der Waals surface area contributed by atoms with Crippen molar-refractivity contribution in [1.82, 2.24) is 14.9 Å². The zero-order valence-electron chi connectivity index (χ0n) is 13.5. The van der Waals surface area contributed by atoms with E-state index in [1.165, 1.54) is 12.1 Å². The van der Waals surface area contributed by atoms with E-state index in [-0.39, 0.29) is 11.9 Å². The summed E-state index contributed by atoms with van der Waals surface area (Å²) in [5.74, 6) is -0.276. The lowest BCUT2D eigenvalue weighted by Crippen LogP contribution is -2.34. The number of benzene rings is 1. The van der Waals surface area contributed by atoms with Gasteiger partial charge in [-0.25, -0.2) is 17.5 Å². The first-order valence-electron chi connectivity index (χ1n) is 8.33. The molecule has 3 N–H and O–H groups in total. The normalized spacial score (nSPS) is 20.1. The largest absolute Gasteiger partial charge is 0.334 e. The molecule has 134 valence electrons. The molecule has 2 saturated carbocycles. The van der Waals surface area contributed by atoms with Gasteiger partial charge in [0.15, 0.2) is 5.82 Å². The van der Waals surface area contributed by atoms with E-state index in [1.54, 1.807) is 0 Å². The Bertz CT molecular complexity index is 902. The first-order chi connectivity index (χ1) is 11.9. The van der Waals surface area contributed by atoms with E-state index < -0.39 is 26.3 Å². The van der Waals surface area contributed by atoms with Crippen molar-refractivity contribution >= 4 is 10.0 Å². The molecule has 25 heavy (non-hydrogen) atoms. The van der Waals surface area contributed by atoms with Crippen molar-refractivity contribution in [3.05, 3.63) is 29.8 Å². The summed E-state index contributed by atoms with van der Waals surface area (Å²) in [6, 6.07) is 3.62. The predicted octanol–water partition coefficient (Wildman–Crippen LogP) is 2.04. The molecule has 0 radical (unpaired) electrons. The first kappa shape index (κ1) is 16.6. The Morgan fingerprint density at radius 1 is 1.28 bits per heavy atom. The Hall–Kier alpha value is -1.84. The molecule has 1 heterocycles. The molecule has 0 amide bonds. The van der Waals surface area contributed by atoms with E-state index in [1.807, 2.05) is 0 Å². The lowest BCUT2D eigenvalue weighted by molar-refractivity contribution is 0.372. The van der Waals surface area contributed by atoms with E-state index in [2.05, 4.69) is 14.9 Å². The summed E-state index contributed by atoms with van der Waals surface area (Å²) in [6.45, 7) is 0. The van der Waals surface area contributed by atoms with Crippen LogP contribution in [-0.4, -0.2) is 24.6 Å². The van der Waals surface area contributed by atoms with Gasteiger partial charge < -0.3 is 10.3 Å². The molecule has 2 aromatic rings. The van der Waals surface area contributed by atoms with Crippen LogP contribution in [0.2, 0.25) is 0 Å². The molecule has 1 aromatic heterocycles. The highest BCUT2D eigenvalue weighted by molar-refractivity contribution is 7.89. The highest BCUT2D eigenvalue weighted by Gasteiger charge is 2.36. The van der Waals surface area contributed by atoms with Crippen molar-refractivity contribution in [2.24, 2.45) is 5.73 Å². The van der Waals surface area contributed by atoms with Gasteiger partial charge in [0, 0.05) is 11.6 Å². The van der Waals surface area contributed by atoms with Gasteiger partial charge in [-0.3, -0.25) is 0 Å². The van der Waals surface area contributed by atoms with Crippen LogP contribution < -0.4 is 10.5 Å². The van der Waals surface area contributed by atoms with Gasteiger partial charge in [-0.1, -0.05) is 18.0 Å². The number of halogens is 1. The van der Waals surface area contributed by atoms with E-state index in [4.69, 9.17) is 10.3 Å². The zero-order chi connectivity index (χ0) is 17.7. The summed E-state index contributed by atoms with van der Waals surface area (Å²) in [6.07, 6.45) is 5.11. The average molecular weight is 366 g/mol. The van der Waals surface area contributed by atoms with Crippen LogP contribution in [0.3, 0.4) is 0 Å². The fourth-order valence-corrected chi connectivity index (χ4v) is 4.51. The molecule has 1 aromatic carbocycles. The quantitative estimate of drug-likeness (QED) is 0.838. The van der Waals surface area contributed by atoms with Gasteiger partial charge in [0.25, 0.3) is 5.89 Å². The number of nitrogens with one attached hydrogen (secondary N) is 1. The molecule has 0 saturated heterocycles. The maximum absolute atomic E-state index is 14.1. The van der Waals surface area contributed by atoms with Crippen molar-refractivity contribution in [2.45, 2.75) is 55.0 Å². The summed E-state index contributed by atoms with van der Waals surface area (Å²) in [7, 11) is -3.92. The first-order valence-corrected chi connectivity index (χ1v) is 9.81. The molecule has 2 aliphatic carbocycles. The minimum absolute atomic E-state index is 0.109. The lowest BCUT2D eigenvalue weighted by atomic mass is 9.99.